The first-order chi connectivity index (χ1) is 14.3. The number of amides is 1. The lowest BCUT2D eigenvalue weighted by molar-refractivity contribution is -0.383. The lowest BCUT2D eigenvalue weighted by Gasteiger charge is -2.36. The maximum absolute atomic E-state index is 12.8. The van der Waals surface area contributed by atoms with E-state index in [9.17, 15) is 14.9 Å². The van der Waals surface area contributed by atoms with Crippen LogP contribution in [0.3, 0.4) is 0 Å². The van der Waals surface area contributed by atoms with Gasteiger partial charge in [-0.3, -0.25) is 14.9 Å². The minimum absolute atomic E-state index is 0.00530. The fourth-order valence-electron chi connectivity index (χ4n) is 3.96. The number of piperazine rings is 1. The minimum atomic E-state index is -0.399. The molecule has 4 rings (SSSR count). The van der Waals surface area contributed by atoms with E-state index in [0.717, 1.165) is 28.0 Å². The Labute approximate surface area is 173 Å². The molecule has 0 bridgehead atoms. The molecule has 3 aromatic rings. The van der Waals surface area contributed by atoms with Crippen LogP contribution in [-0.2, 0) is 11.2 Å². The van der Waals surface area contributed by atoms with E-state index < -0.39 is 4.92 Å². The quantitative estimate of drug-likeness (QED) is 0.482. The van der Waals surface area contributed by atoms with Gasteiger partial charge in [0.2, 0.25) is 5.91 Å². The molecule has 1 fully saturated rings. The molecule has 2 aromatic heterocycles. The number of aryl methyl sites for hydroxylation is 3. The van der Waals surface area contributed by atoms with Crippen LogP contribution >= 0.6 is 0 Å². The van der Waals surface area contributed by atoms with Gasteiger partial charge in [-0.25, -0.2) is 4.98 Å². The van der Waals surface area contributed by atoms with Crippen LogP contribution in [0.4, 0.5) is 11.4 Å². The van der Waals surface area contributed by atoms with Crippen molar-refractivity contribution in [2.45, 2.75) is 27.2 Å². The molecular formula is C21H23N5O4. The van der Waals surface area contributed by atoms with E-state index in [0.29, 0.717) is 37.5 Å². The van der Waals surface area contributed by atoms with Gasteiger partial charge in [0.1, 0.15) is 5.76 Å². The average molecular weight is 409 g/mol. The van der Waals surface area contributed by atoms with Crippen molar-refractivity contribution in [2.24, 2.45) is 0 Å². The number of hydrogen-bond acceptors (Lipinski definition) is 7. The molecule has 30 heavy (non-hydrogen) atoms. The fourth-order valence-corrected chi connectivity index (χ4v) is 3.96. The second-order valence-electron chi connectivity index (χ2n) is 7.56. The number of anilines is 1. The van der Waals surface area contributed by atoms with E-state index >= 15 is 0 Å². The minimum Gasteiger partial charge on any atom is -0.367 e. The van der Waals surface area contributed by atoms with Crippen LogP contribution in [0.15, 0.2) is 28.8 Å². The molecule has 0 radical (unpaired) electrons. The molecule has 3 heterocycles. The van der Waals surface area contributed by atoms with Gasteiger partial charge in [-0.15, -0.1) is 0 Å². The summed E-state index contributed by atoms with van der Waals surface area (Å²) in [6.45, 7) is 7.95. The van der Waals surface area contributed by atoms with Crippen LogP contribution in [0.25, 0.3) is 10.9 Å². The highest BCUT2D eigenvalue weighted by Crippen LogP contribution is 2.32. The van der Waals surface area contributed by atoms with E-state index in [2.05, 4.69) is 15.0 Å². The molecule has 1 saturated heterocycles. The summed E-state index contributed by atoms with van der Waals surface area (Å²) in [6, 6.07) is 6.97. The summed E-state index contributed by atoms with van der Waals surface area (Å²) in [5.74, 6) is 0.732. The van der Waals surface area contributed by atoms with Gasteiger partial charge in [-0.2, -0.15) is 0 Å². The van der Waals surface area contributed by atoms with E-state index in [1.165, 1.54) is 6.07 Å². The Morgan fingerprint density at radius 2 is 1.93 bits per heavy atom. The third-order valence-electron chi connectivity index (χ3n) is 5.60. The number of carbonyl (C=O) groups excluding carboxylic acids is 1. The van der Waals surface area contributed by atoms with Gasteiger partial charge in [0.15, 0.2) is 5.52 Å². The first-order valence-corrected chi connectivity index (χ1v) is 9.84. The van der Waals surface area contributed by atoms with Crippen molar-refractivity contribution < 1.29 is 14.2 Å². The molecule has 1 aliphatic rings. The van der Waals surface area contributed by atoms with E-state index in [1.807, 2.05) is 37.8 Å². The second-order valence-corrected chi connectivity index (χ2v) is 7.56. The SMILES string of the molecule is Cc1cc(N2CCN(C(=O)Cc3c(C)noc3C)CC2)c2cccc([N+](=O)[O-])c2n1. The summed E-state index contributed by atoms with van der Waals surface area (Å²) < 4.78 is 5.15. The van der Waals surface area contributed by atoms with Gasteiger partial charge < -0.3 is 14.3 Å². The van der Waals surface area contributed by atoms with Crippen LogP contribution in [0.1, 0.15) is 22.7 Å². The highest BCUT2D eigenvalue weighted by Gasteiger charge is 2.25. The molecular weight excluding hydrogens is 386 g/mol. The van der Waals surface area contributed by atoms with E-state index in [-0.39, 0.29) is 18.0 Å². The average Bonchev–Trinajstić information content (AvgIpc) is 3.04. The lowest BCUT2D eigenvalue weighted by Crippen LogP contribution is -2.49. The van der Waals surface area contributed by atoms with Gasteiger partial charge >= 0.3 is 0 Å². The van der Waals surface area contributed by atoms with Crippen LogP contribution < -0.4 is 4.90 Å². The topological polar surface area (TPSA) is 106 Å². The van der Waals surface area contributed by atoms with Gasteiger partial charge in [-0.1, -0.05) is 17.3 Å². The molecule has 1 aliphatic heterocycles. The Morgan fingerprint density at radius 1 is 1.20 bits per heavy atom. The van der Waals surface area contributed by atoms with E-state index in [1.54, 1.807) is 6.07 Å². The molecule has 0 unspecified atom stereocenters. The second kappa shape index (κ2) is 7.74. The summed E-state index contributed by atoms with van der Waals surface area (Å²) in [7, 11) is 0. The number of non-ortho nitro benzene ring substituents is 1. The van der Waals surface area contributed by atoms with Gasteiger partial charge in [0.25, 0.3) is 5.69 Å². The Kier molecular flexibility index (Phi) is 5.11. The van der Waals surface area contributed by atoms with Gasteiger partial charge in [-0.05, 0) is 26.8 Å². The number of aromatic nitrogens is 2. The highest BCUT2D eigenvalue weighted by atomic mass is 16.6. The third kappa shape index (κ3) is 3.58. The Morgan fingerprint density at radius 3 is 2.57 bits per heavy atom. The number of fused-ring (bicyclic) bond motifs is 1. The number of hydrogen-bond donors (Lipinski definition) is 0. The van der Waals surface area contributed by atoms with Crippen LogP contribution in [0.5, 0.6) is 0 Å². The lowest BCUT2D eigenvalue weighted by atomic mass is 10.1. The molecule has 0 saturated carbocycles. The molecule has 0 atom stereocenters. The number of rotatable bonds is 4. The largest absolute Gasteiger partial charge is 0.367 e. The first-order valence-electron chi connectivity index (χ1n) is 9.84. The molecule has 9 heteroatoms. The summed E-state index contributed by atoms with van der Waals surface area (Å²) in [4.78, 5) is 32.2. The smallest absolute Gasteiger partial charge is 0.295 e. The van der Waals surface area contributed by atoms with Crippen LogP contribution in [-0.4, -0.2) is 52.1 Å². The Bertz CT molecular complexity index is 1110. The van der Waals surface area contributed by atoms with Crippen molar-refractivity contribution in [1.29, 1.82) is 0 Å². The van der Waals surface area contributed by atoms with Crippen molar-refractivity contribution in [3.05, 3.63) is 57.1 Å². The molecule has 0 aliphatic carbocycles. The summed E-state index contributed by atoms with van der Waals surface area (Å²) in [5.41, 5.74) is 3.65. The Hall–Kier alpha value is -3.49. The van der Waals surface area contributed by atoms with E-state index in [4.69, 9.17) is 4.52 Å². The predicted molar refractivity (Wildman–Crippen MR) is 112 cm³/mol. The van der Waals surface area contributed by atoms with Gasteiger partial charge in [0, 0.05) is 54.6 Å². The zero-order chi connectivity index (χ0) is 21.4. The van der Waals surface area contributed by atoms with Crippen LogP contribution in [0, 0.1) is 30.9 Å². The molecule has 0 spiro atoms. The summed E-state index contributed by atoms with van der Waals surface area (Å²) in [5, 5.41) is 16.1. The number of pyridine rings is 1. The zero-order valence-corrected chi connectivity index (χ0v) is 17.2. The number of para-hydroxylation sites is 1. The fraction of sp³-hybridized carbons (Fsp3) is 0.381. The number of benzene rings is 1. The summed E-state index contributed by atoms with van der Waals surface area (Å²) in [6.07, 6.45) is 0.282. The standard InChI is InChI=1S/C21H23N5O4/c1-13-11-19(16-5-4-6-18(26(28)29)21(16)22-13)24-7-9-25(10-8-24)20(27)12-17-14(2)23-30-15(17)3/h4-6,11H,7-10,12H2,1-3H3. The number of nitrogens with zero attached hydrogens (tertiary/aromatic N) is 5. The van der Waals surface area contributed by atoms with Crippen LogP contribution in [0.2, 0.25) is 0 Å². The number of carbonyl (C=O) groups is 1. The third-order valence-corrected chi connectivity index (χ3v) is 5.60. The summed E-state index contributed by atoms with van der Waals surface area (Å²) >= 11 is 0. The van der Waals surface area contributed by atoms with Gasteiger partial charge in [0.05, 0.1) is 17.0 Å². The first kappa shape index (κ1) is 19.8. The van der Waals surface area contributed by atoms with Crippen molar-refractivity contribution in [1.82, 2.24) is 15.0 Å². The molecule has 9 nitrogen and oxygen atoms in total. The zero-order valence-electron chi connectivity index (χ0n) is 17.2. The molecule has 1 amide bonds. The molecule has 1 aromatic carbocycles. The van der Waals surface area contributed by atoms with Crippen molar-refractivity contribution in [2.75, 3.05) is 31.1 Å². The van der Waals surface area contributed by atoms with Crippen molar-refractivity contribution in [3.63, 3.8) is 0 Å². The Balaban J connectivity index is 1.53. The monoisotopic (exact) mass is 409 g/mol. The normalized spacial score (nSPS) is 14.4. The molecule has 0 N–H and O–H groups in total. The van der Waals surface area contributed by atoms with Crippen molar-refractivity contribution in [3.8, 4) is 0 Å². The predicted octanol–water partition coefficient (Wildman–Crippen LogP) is 2.95. The number of nitro benzene ring substituents is 1. The number of nitro groups is 1. The van der Waals surface area contributed by atoms with Crippen molar-refractivity contribution >= 4 is 28.2 Å². The maximum atomic E-state index is 12.8. The molecule has 156 valence electrons. The highest BCUT2D eigenvalue weighted by molar-refractivity contribution is 5.97. The maximum Gasteiger partial charge on any atom is 0.295 e.